The van der Waals surface area contributed by atoms with E-state index in [-0.39, 0.29) is 17.6 Å². The predicted octanol–water partition coefficient (Wildman–Crippen LogP) is 0.763. The fourth-order valence-corrected chi connectivity index (χ4v) is 1.36. The van der Waals surface area contributed by atoms with Crippen LogP contribution in [0.2, 0.25) is 0 Å². The van der Waals surface area contributed by atoms with Crippen LogP contribution in [0.5, 0.6) is 0 Å². The Kier molecular flexibility index (Phi) is 3.23. The first-order valence-electron chi connectivity index (χ1n) is 5.28. The summed E-state index contributed by atoms with van der Waals surface area (Å²) in [4.78, 5) is 26.4. The molecule has 3 N–H and O–H groups in total. The van der Waals surface area contributed by atoms with Gasteiger partial charge in [0, 0.05) is 12.6 Å². The molecule has 0 saturated carbocycles. The second kappa shape index (κ2) is 4.84. The molecule has 0 bridgehead atoms. The summed E-state index contributed by atoms with van der Waals surface area (Å²) in [7, 11) is 0. The molecule has 7 nitrogen and oxygen atoms in total. The summed E-state index contributed by atoms with van der Waals surface area (Å²) < 4.78 is 13.3. The van der Waals surface area contributed by atoms with Gasteiger partial charge < -0.3 is 11.1 Å². The van der Waals surface area contributed by atoms with Gasteiger partial charge in [0.2, 0.25) is 11.9 Å². The van der Waals surface area contributed by atoms with Crippen LogP contribution >= 0.6 is 0 Å². The highest BCUT2D eigenvalue weighted by molar-refractivity contribution is 5.75. The molecular weight excluding hydrogens is 253 g/mol. The molecule has 98 valence electrons. The van der Waals surface area contributed by atoms with Crippen molar-refractivity contribution < 1.29 is 9.18 Å². The maximum Gasteiger partial charge on any atom is 0.316 e. The van der Waals surface area contributed by atoms with Crippen LogP contribution in [0.4, 0.5) is 21.8 Å². The summed E-state index contributed by atoms with van der Waals surface area (Å²) >= 11 is 0. The van der Waals surface area contributed by atoms with Crippen molar-refractivity contribution in [1.29, 1.82) is 0 Å². The van der Waals surface area contributed by atoms with Gasteiger partial charge in [0.05, 0.1) is 0 Å². The summed E-state index contributed by atoms with van der Waals surface area (Å²) in [6.45, 7) is 1.18. The first-order chi connectivity index (χ1) is 8.97. The molecular formula is C11H10FN5O2. The Morgan fingerprint density at radius 3 is 2.58 bits per heavy atom. The second-order valence-electron chi connectivity index (χ2n) is 3.69. The number of aromatic nitrogens is 3. The zero-order valence-electron chi connectivity index (χ0n) is 9.92. The van der Waals surface area contributed by atoms with Gasteiger partial charge in [0.15, 0.2) is 5.82 Å². The molecule has 1 aromatic carbocycles. The quantitative estimate of drug-likeness (QED) is 0.829. The van der Waals surface area contributed by atoms with Gasteiger partial charge in [-0.15, -0.1) is 5.10 Å². The fourth-order valence-electron chi connectivity index (χ4n) is 1.36. The van der Waals surface area contributed by atoms with E-state index in [4.69, 9.17) is 5.73 Å². The van der Waals surface area contributed by atoms with Crippen molar-refractivity contribution in [3.63, 3.8) is 0 Å². The van der Waals surface area contributed by atoms with Gasteiger partial charge in [-0.2, -0.15) is 9.67 Å². The molecule has 2 aromatic rings. The lowest BCUT2D eigenvalue weighted by molar-refractivity contribution is 0.0915. The van der Waals surface area contributed by atoms with E-state index in [1.54, 1.807) is 0 Å². The molecule has 1 aromatic heterocycles. The van der Waals surface area contributed by atoms with E-state index in [2.05, 4.69) is 15.4 Å². The Morgan fingerprint density at radius 2 is 2.00 bits per heavy atom. The highest BCUT2D eigenvalue weighted by Gasteiger charge is 2.10. The van der Waals surface area contributed by atoms with E-state index in [0.717, 1.165) is 0 Å². The fraction of sp³-hybridized carbons (Fsp3) is 0.0909. The molecule has 0 amide bonds. The summed E-state index contributed by atoms with van der Waals surface area (Å²) in [5.41, 5.74) is 5.11. The molecule has 0 spiro atoms. The van der Waals surface area contributed by atoms with E-state index in [9.17, 15) is 14.0 Å². The van der Waals surface area contributed by atoms with Gasteiger partial charge in [-0.1, -0.05) is 0 Å². The average Bonchev–Trinajstić information content (AvgIpc) is 2.36. The first kappa shape index (κ1) is 12.7. The number of nitrogens with one attached hydrogen (secondary N) is 1. The number of carbonyl (C=O) groups excluding carboxylic acids is 1. The number of hydrogen-bond acceptors (Lipinski definition) is 6. The lowest BCUT2D eigenvalue weighted by atomic mass is 10.3. The van der Waals surface area contributed by atoms with Crippen LogP contribution in [0, 0.1) is 5.82 Å². The Labute approximate surface area is 106 Å². The molecule has 19 heavy (non-hydrogen) atoms. The number of nitrogens with two attached hydrogens (primary N) is 1. The van der Waals surface area contributed by atoms with Crippen LogP contribution in [0.1, 0.15) is 11.7 Å². The Morgan fingerprint density at radius 1 is 1.37 bits per heavy atom. The molecule has 8 heteroatoms. The number of carbonyl (C=O) groups is 1. The van der Waals surface area contributed by atoms with Crippen LogP contribution in [0.3, 0.4) is 0 Å². The van der Waals surface area contributed by atoms with Gasteiger partial charge >= 0.3 is 5.56 Å². The molecule has 0 aliphatic carbocycles. The van der Waals surface area contributed by atoms with E-state index in [0.29, 0.717) is 10.4 Å². The predicted molar refractivity (Wildman–Crippen MR) is 66.7 cm³/mol. The zero-order chi connectivity index (χ0) is 14.0. The number of hydrogen-bond donors (Lipinski definition) is 2. The molecule has 0 radical (unpaired) electrons. The van der Waals surface area contributed by atoms with Crippen molar-refractivity contribution in [1.82, 2.24) is 14.8 Å². The molecule has 0 atom stereocenters. The third-order valence-electron chi connectivity index (χ3n) is 2.23. The third kappa shape index (κ3) is 2.73. The first-order valence-corrected chi connectivity index (χ1v) is 5.28. The van der Waals surface area contributed by atoms with E-state index in [1.165, 1.54) is 31.2 Å². The highest BCUT2D eigenvalue weighted by atomic mass is 19.1. The summed E-state index contributed by atoms with van der Waals surface area (Å²) in [5, 5.41) is 6.42. The second-order valence-corrected chi connectivity index (χ2v) is 3.69. The van der Waals surface area contributed by atoms with E-state index < -0.39 is 11.5 Å². The minimum Gasteiger partial charge on any atom is -0.379 e. The number of halogens is 1. The lowest BCUT2D eigenvalue weighted by Gasteiger charge is -2.07. The van der Waals surface area contributed by atoms with Crippen LogP contribution < -0.4 is 16.6 Å². The molecule has 1 heterocycles. The van der Waals surface area contributed by atoms with Crippen molar-refractivity contribution in [3.05, 3.63) is 40.4 Å². The maximum atomic E-state index is 12.7. The number of nitrogen functional groups attached to an aromatic ring is 1. The van der Waals surface area contributed by atoms with Gasteiger partial charge in [0.25, 0.3) is 0 Å². The number of nitrogens with zero attached hydrogens (tertiary/aromatic N) is 3. The maximum absolute atomic E-state index is 12.7. The SMILES string of the molecule is CC(=O)n1nc(Nc2ccc(F)cc2)nc(N)c1=O. The number of rotatable bonds is 2. The monoisotopic (exact) mass is 263 g/mol. The minimum absolute atomic E-state index is 0.0288. The molecule has 0 fully saturated rings. The average molecular weight is 263 g/mol. The van der Waals surface area contributed by atoms with Gasteiger partial charge in [-0.05, 0) is 24.3 Å². The highest BCUT2D eigenvalue weighted by Crippen LogP contribution is 2.12. The van der Waals surface area contributed by atoms with Crippen LogP contribution in [0.25, 0.3) is 0 Å². The van der Waals surface area contributed by atoms with E-state index >= 15 is 0 Å². The van der Waals surface area contributed by atoms with Crippen molar-refractivity contribution in [2.75, 3.05) is 11.1 Å². The molecule has 0 saturated heterocycles. The van der Waals surface area contributed by atoms with Gasteiger partial charge in [-0.25, -0.2) is 4.39 Å². The lowest BCUT2D eigenvalue weighted by Crippen LogP contribution is -2.31. The Balaban J connectivity index is 2.38. The molecule has 0 aliphatic rings. The summed E-state index contributed by atoms with van der Waals surface area (Å²) in [6, 6.07) is 5.40. The van der Waals surface area contributed by atoms with Crippen molar-refractivity contribution in [3.8, 4) is 0 Å². The van der Waals surface area contributed by atoms with Crippen molar-refractivity contribution >= 4 is 23.4 Å². The largest absolute Gasteiger partial charge is 0.379 e. The van der Waals surface area contributed by atoms with Crippen LogP contribution in [-0.4, -0.2) is 20.7 Å². The standard InChI is InChI=1S/C11H10FN5O2/c1-6(18)17-10(19)9(13)15-11(16-17)14-8-4-2-7(12)3-5-8/h2-5H,1H3,(H3,13,14,15,16). The number of anilines is 3. The number of benzene rings is 1. The van der Waals surface area contributed by atoms with Gasteiger partial charge in [0.1, 0.15) is 5.82 Å². The topological polar surface area (TPSA) is 103 Å². The molecule has 0 unspecified atom stereocenters. The Bertz CT molecular complexity index is 680. The normalized spacial score (nSPS) is 10.2. The summed E-state index contributed by atoms with van der Waals surface area (Å²) in [6.07, 6.45) is 0. The summed E-state index contributed by atoms with van der Waals surface area (Å²) in [5.74, 6) is -1.35. The molecule has 2 rings (SSSR count). The van der Waals surface area contributed by atoms with Crippen LogP contribution in [-0.2, 0) is 0 Å². The minimum atomic E-state index is -0.780. The van der Waals surface area contributed by atoms with Crippen molar-refractivity contribution in [2.24, 2.45) is 0 Å². The smallest absolute Gasteiger partial charge is 0.316 e. The van der Waals surface area contributed by atoms with Crippen molar-refractivity contribution in [2.45, 2.75) is 6.92 Å². The van der Waals surface area contributed by atoms with Crippen LogP contribution in [0.15, 0.2) is 29.1 Å². The van der Waals surface area contributed by atoms with Gasteiger partial charge in [-0.3, -0.25) is 9.59 Å². The Hall–Kier alpha value is -2.77. The molecule has 0 aliphatic heterocycles. The zero-order valence-corrected chi connectivity index (χ0v) is 9.92. The third-order valence-corrected chi connectivity index (χ3v) is 2.23. The van der Waals surface area contributed by atoms with E-state index in [1.807, 2.05) is 0 Å².